The van der Waals surface area contributed by atoms with Gasteiger partial charge in [0.2, 0.25) is 0 Å². The van der Waals surface area contributed by atoms with Crippen LogP contribution >= 0.6 is 0 Å². The molecule has 0 radical (unpaired) electrons. The molecule has 0 heterocycles. The molecule has 0 bridgehead atoms. The van der Waals surface area contributed by atoms with E-state index in [9.17, 15) is 9.59 Å². The highest BCUT2D eigenvalue weighted by atomic mass is 16.4. The van der Waals surface area contributed by atoms with Crippen LogP contribution in [-0.2, 0) is 9.59 Å². The zero-order chi connectivity index (χ0) is 12.7. The molecular weight excluding hydrogens is 208 g/mol. The number of carbonyl (C=O) groups is 2. The standard InChI is InChI=1S/C12H16O4/c1-8(2)6-4-5-7-9(3)10(11(13)14)12(15)16/h4-7,10H,1-3H3,(H,13,14)(H,15,16). The summed E-state index contributed by atoms with van der Waals surface area (Å²) < 4.78 is 0. The maximum absolute atomic E-state index is 10.7. The molecule has 4 nitrogen and oxygen atoms in total. The normalized spacial score (nSPS) is 11.9. The Morgan fingerprint density at radius 3 is 1.75 bits per heavy atom. The van der Waals surface area contributed by atoms with Gasteiger partial charge in [-0.1, -0.05) is 29.9 Å². The van der Waals surface area contributed by atoms with Crippen molar-refractivity contribution in [1.29, 1.82) is 0 Å². The smallest absolute Gasteiger partial charge is 0.322 e. The van der Waals surface area contributed by atoms with Gasteiger partial charge in [-0.2, -0.15) is 0 Å². The Morgan fingerprint density at radius 2 is 1.38 bits per heavy atom. The number of rotatable bonds is 5. The molecule has 0 aliphatic carbocycles. The highest BCUT2D eigenvalue weighted by Crippen LogP contribution is 2.11. The Morgan fingerprint density at radius 1 is 0.938 bits per heavy atom. The van der Waals surface area contributed by atoms with Crippen LogP contribution in [0, 0.1) is 5.92 Å². The molecule has 16 heavy (non-hydrogen) atoms. The largest absolute Gasteiger partial charge is 0.480 e. The van der Waals surface area contributed by atoms with Crippen molar-refractivity contribution in [2.75, 3.05) is 0 Å². The van der Waals surface area contributed by atoms with E-state index in [-0.39, 0.29) is 0 Å². The van der Waals surface area contributed by atoms with Crippen molar-refractivity contribution >= 4 is 11.9 Å². The van der Waals surface area contributed by atoms with Crippen LogP contribution in [0.15, 0.2) is 35.5 Å². The van der Waals surface area contributed by atoms with E-state index >= 15 is 0 Å². The van der Waals surface area contributed by atoms with E-state index in [1.165, 1.54) is 13.0 Å². The van der Waals surface area contributed by atoms with Gasteiger partial charge >= 0.3 is 11.9 Å². The summed E-state index contributed by atoms with van der Waals surface area (Å²) in [7, 11) is 0. The van der Waals surface area contributed by atoms with Gasteiger partial charge in [0, 0.05) is 0 Å². The molecule has 0 unspecified atom stereocenters. The van der Waals surface area contributed by atoms with Gasteiger partial charge in [0.05, 0.1) is 0 Å². The Hall–Kier alpha value is -1.84. The van der Waals surface area contributed by atoms with Crippen molar-refractivity contribution in [2.24, 2.45) is 5.92 Å². The van der Waals surface area contributed by atoms with Crippen LogP contribution in [0.5, 0.6) is 0 Å². The van der Waals surface area contributed by atoms with Crippen molar-refractivity contribution in [3.8, 4) is 0 Å². The third kappa shape index (κ3) is 5.14. The lowest BCUT2D eigenvalue weighted by Crippen LogP contribution is -2.24. The molecule has 0 aromatic heterocycles. The molecule has 0 fully saturated rings. The van der Waals surface area contributed by atoms with Gasteiger partial charge in [-0.15, -0.1) is 0 Å². The molecule has 0 amide bonds. The molecule has 2 N–H and O–H groups in total. The molecule has 0 aliphatic rings. The van der Waals surface area contributed by atoms with Crippen LogP contribution in [-0.4, -0.2) is 22.2 Å². The molecule has 88 valence electrons. The van der Waals surface area contributed by atoms with E-state index in [0.29, 0.717) is 5.57 Å². The summed E-state index contributed by atoms with van der Waals surface area (Å²) in [5.41, 5.74) is 1.40. The molecule has 0 rings (SSSR count). The van der Waals surface area contributed by atoms with E-state index in [1.54, 1.807) is 12.2 Å². The van der Waals surface area contributed by atoms with Crippen LogP contribution in [0.3, 0.4) is 0 Å². The highest BCUT2D eigenvalue weighted by molar-refractivity contribution is 5.96. The van der Waals surface area contributed by atoms with Crippen LogP contribution in [0.25, 0.3) is 0 Å². The Labute approximate surface area is 94.6 Å². The summed E-state index contributed by atoms with van der Waals surface area (Å²) in [6, 6.07) is 0. The molecule has 0 aromatic carbocycles. The van der Waals surface area contributed by atoms with Crippen molar-refractivity contribution in [3.63, 3.8) is 0 Å². The summed E-state index contributed by atoms with van der Waals surface area (Å²) >= 11 is 0. The van der Waals surface area contributed by atoms with Crippen molar-refractivity contribution in [3.05, 3.63) is 35.5 Å². The van der Waals surface area contributed by atoms with Crippen molar-refractivity contribution in [1.82, 2.24) is 0 Å². The number of carboxylic acids is 2. The number of allylic oxidation sites excluding steroid dienone is 5. The van der Waals surface area contributed by atoms with Gasteiger partial charge < -0.3 is 10.2 Å². The minimum atomic E-state index is -1.48. The van der Waals surface area contributed by atoms with Gasteiger partial charge in [-0.3, -0.25) is 9.59 Å². The minimum Gasteiger partial charge on any atom is -0.480 e. The zero-order valence-electron chi connectivity index (χ0n) is 9.60. The van der Waals surface area contributed by atoms with E-state index < -0.39 is 17.9 Å². The van der Waals surface area contributed by atoms with Gasteiger partial charge in [0.15, 0.2) is 5.92 Å². The fourth-order valence-corrected chi connectivity index (χ4v) is 1.05. The van der Waals surface area contributed by atoms with E-state index in [4.69, 9.17) is 10.2 Å². The Kier molecular flexibility index (Phi) is 5.85. The van der Waals surface area contributed by atoms with Gasteiger partial charge in [-0.25, -0.2) is 0 Å². The zero-order valence-corrected chi connectivity index (χ0v) is 9.60. The summed E-state index contributed by atoms with van der Waals surface area (Å²) in [5.74, 6) is -4.18. The molecule has 0 spiro atoms. The lowest BCUT2D eigenvalue weighted by atomic mass is 10.0. The highest BCUT2D eigenvalue weighted by Gasteiger charge is 2.26. The van der Waals surface area contributed by atoms with Crippen molar-refractivity contribution < 1.29 is 19.8 Å². The molecule has 0 aliphatic heterocycles. The SMILES string of the molecule is CC(C)=CC=CC=C(C)C(C(=O)O)C(=O)O. The first kappa shape index (κ1) is 14.2. The average molecular weight is 224 g/mol. The van der Waals surface area contributed by atoms with Crippen molar-refractivity contribution in [2.45, 2.75) is 20.8 Å². The third-order valence-electron chi connectivity index (χ3n) is 1.85. The number of hydrogen-bond donors (Lipinski definition) is 2. The van der Waals surface area contributed by atoms with Crippen LogP contribution in [0.2, 0.25) is 0 Å². The van der Waals surface area contributed by atoms with Gasteiger partial charge in [-0.05, 0) is 26.3 Å². The summed E-state index contributed by atoms with van der Waals surface area (Å²) in [6.45, 7) is 5.34. The monoisotopic (exact) mass is 224 g/mol. The Bertz CT molecular complexity index is 343. The lowest BCUT2D eigenvalue weighted by Gasteiger charge is -2.06. The first-order valence-electron chi connectivity index (χ1n) is 4.80. The molecule has 0 saturated heterocycles. The predicted octanol–water partition coefficient (Wildman–Crippen LogP) is 2.24. The number of hydrogen-bond acceptors (Lipinski definition) is 2. The maximum atomic E-state index is 10.7. The maximum Gasteiger partial charge on any atom is 0.322 e. The quantitative estimate of drug-likeness (QED) is 0.554. The first-order valence-corrected chi connectivity index (χ1v) is 4.80. The fourth-order valence-electron chi connectivity index (χ4n) is 1.05. The first-order chi connectivity index (χ1) is 7.36. The Balaban J connectivity index is 4.75. The topological polar surface area (TPSA) is 74.6 Å². The lowest BCUT2D eigenvalue weighted by molar-refractivity contribution is -0.152. The number of carboxylic acid groups (broad SMARTS) is 2. The second-order valence-electron chi connectivity index (χ2n) is 3.65. The molecular formula is C12H16O4. The van der Waals surface area contributed by atoms with Crippen LogP contribution < -0.4 is 0 Å². The molecule has 0 atom stereocenters. The second kappa shape index (κ2) is 6.61. The summed E-state index contributed by atoms with van der Waals surface area (Å²) in [6.07, 6.45) is 6.70. The van der Waals surface area contributed by atoms with Gasteiger partial charge in [0.25, 0.3) is 0 Å². The van der Waals surface area contributed by atoms with E-state index in [0.717, 1.165) is 5.57 Å². The molecule has 4 heteroatoms. The fraction of sp³-hybridized carbons (Fsp3) is 0.333. The second-order valence-corrected chi connectivity index (χ2v) is 3.65. The van der Waals surface area contributed by atoms with E-state index in [2.05, 4.69) is 0 Å². The third-order valence-corrected chi connectivity index (χ3v) is 1.85. The predicted molar refractivity (Wildman–Crippen MR) is 61.1 cm³/mol. The van der Waals surface area contributed by atoms with E-state index in [1.807, 2.05) is 19.9 Å². The number of aliphatic carboxylic acids is 2. The van der Waals surface area contributed by atoms with Crippen LogP contribution in [0.1, 0.15) is 20.8 Å². The summed E-state index contributed by atoms with van der Waals surface area (Å²) in [5, 5.41) is 17.4. The minimum absolute atomic E-state index is 0.290. The molecule has 0 aromatic rings. The van der Waals surface area contributed by atoms with Gasteiger partial charge in [0.1, 0.15) is 0 Å². The van der Waals surface area contributed by atoms with Crippen LogP contribution in [0.4, 0.5) is 0 Å². The molecule has 0 saturated carbocycles. The average Bonchev–Trinajstić information content (AvgIpc) is 2.10. The summed E-state index contributed by atoms with van der Waals surface area (Å²) in [4.78, 5) is 21.3.